The van der Waals surface area contributed by atoms with Crippen LogP contribution in [0.15, 0.2) is 12.1 Å². The van der Waals surface area contributed by atoms with Gasteiger partial charge in [0.25, 0.3) is 0 Å². The highest BCUT2D eigenvalue weighted by atomic mass is 35.5. The highest BCUT2D eigenvalue weighted by molar-refractivity contribution is 6.36. The largest absolute Gasteiger partial charge is 0.252 e. The number of fused-ring (bicyclic) bond motifs is 1. The second-order valence-electron chi connectivity index (χ2n) is 3.70. The summed E-state index contributed by atoms with van der Waals surface area (Å²) in [5.41, 5.74) is 3.01. The molecule has 2 aromatic rings. The zero-order chi connectivity index (χ0) is 11.2. The Morgan fingerprint density at radius 3 is 2.47 bits per heavy atom. The lowest BCUT2D eigenvalue weighted by Crippen LogP contribution is -1.94. The maximum Gasteiger partial charge on any atom is 0.128 e. The van der Waals surface area contributed by atoms with E-state index in [0.29, 0.717) is 16.1 Å². The summed E-state index contributed by atoms with van der Waals surface area (Å²) in [5.74, 6) is -0.241. The fourth-order valence-corrected chi connectivity index (χ4v) is 1.90. The van der Waals surface area contributed by atoms with Crippen molar-refractivity contribution in [2.45, 2.75) is 20.8 Å². The van der Waals surface area contributed by atoms with Gasteiger partial charge in [0.05, 0.1) is 10.5 Å². The van der Waals surface area contributed by atoms with Gasteiger partial charge in [-0.05, 0) is 38.5 Å². The highest BCUT2D eigenvalue weighted by Gasteiger charge is 2.11. The van der Waals surface area contributed by atoms with Crippen molar-refractivity contribution in [3.63, 3.8) is 0 Å². The maximum atomic E-state index is 13.3. The smallest absolute Gasteiger partial charge is 0.128 e. The van der Waals surface area contributed by atoms with Gasteiger partial charge in [-0.25, -0.2) is 4.39 Å². The second-order valence-corrected chi connectivity index (χ2v) is 4.08. The Bertz CT molecular complexity index is 549. The van der Waals surface area contributed by atoms with Crippen molar-refractivity contribution in [1.29, 1.82) is 0 Å². The first kappa shape index (κ1) is 10.4. The fraction of sp³-hybridized carbons (Fsp3) is 0.250. The van der Waals surface area contributed by atoms with Crippen LogP contribution in [0.1, 0.15) is 16.8 Å². The van der Waals surface area contributed by atoms with E-state index in [-0.39, 0.29) is 5.82 Å². The van der Waals surface area contributed by atoms with E-state index in [9.17, 15) is 4.39 Å². The SMILES string of the molecule is Cc1nc2c(C)c(F)ccc2c(Cl)c1C. The Morgan fingerprint density at radius 1 is 1.13 bits per heavy atom. The monoisotopic (exact) mass is 223 g/mol. The molecule has 0 fully saturated rings. The van der Waals surface area contributed by atoms with Gasteiger partial charge in [0.2, 0.25) is 0 Å². The molecule has 0 radical (unpaired) electrons. The number of benzene rings is 1. The molecular formula is C12H11ClFN. The molecule has 0 saturated heterocycles. The van der Waals surface area contributed by atoms with Gasteiger partial charge in [-0.15, -0.1) is 0 Å². The number of rotatable bonds is 0. The van der Waals surface area contributed by atoms with E-state index in [1.165, 1.54) is 6.07 Å². The molecule has 1 nitrogen and oxygen atoms in total. The van der Waals surface area contributed by atoms with Crippen LogP contribution in [0.25, 0.3) is 10.9 Å². The number of hydrogen-bond donors (Lipinski definition) is 0. The molecule has 0 saturated carbocycles. The molecule has 1 aromatic heterocycles. The van der Waals surface area contributed by atoms with Crippen molar-refractivity contribution in [3.05, 3.63) is 39.8 Å². The summed E-state index contributed by atoms with van der Waals surface area (Å²) in [6, 6.07) is 3.11. The van der Waals surface area contributed by atoms with E-state index in [1.807, 2.05) is 13.8 Å². The van der Waals surface area contributed by atoms with Crippen LogP contribution in [0.2, 0.25) is 5.02 Å². The molecule has 0 atom stereocenters. The summed E-state index contributed by atoms with van der Waals surface area (Å²) in [5, 5.41) is 1.49. The van der Waals surface area contributed by atoms with Gasteiger partial charge in [0.15, 0.2) is 0 Å². The van der Waals surface area contributed by atoms with Crippen LogP contribution < -0.4 is 0 Å². The van der Waals surface area contributed by atoms with Crippen LogP contribution in [0.5, 0.6) is 0 Å². The molecule has 0 aliphatic carbocycles. The van der Waals surface area contributed by atoms with Gasteiger partial charge in [0, 0.05) is 16.6 Å². The van der Waals surface area contributed by atoms with Gasteiger partial charge >= 0.3 is 0 Å². The Morgan fingerprint density at radius 2 is 1.80 bits per heavy atom. The molecule has 0 aliphatic rings. The number of hydrogen-bond acceptors (Lipinski definition) is 1. The minimum Gasteiger partial charge on any atom is -0.252 e. The average Bonchev–Trinajstić information content (AvgIpc) is 2.21. The molecule has 1 heterocycles. The summed E-state index contributed by atoms with van der Waals surface area (Å²) < 4.78 is 13.3. The molecular weight excluding hydrogens is 213 g/mol. The lowest BCUT2D eigenvalue weighted by Gasteiger charge is -2.09. The lowest BCUT2D eigenvalue weighted by atomic mass is 10.1. The average molecular weight is 224 g/mol. The molecule has 0 bridgehead atoms. The third kappa shape index (κ3) is 1.49. The molecule has 78 valence electrons. The third-order valence-electron chi connectivity index (χ3n) is 2.75. The van der Waals surface area contributed by atoms with Crippen LogP contribution in [0.4, 0.5) is 4.39 Å². The topological polar surface area (TPSA) is 12.9 Å². The van der Waals surface area contributed by atoms with Gasteiger partial charge in [-0.2, -0.15) is 0 Å². The molecule has 3 heteroatoms. The van der Waals surface area contributed by atoms with E-state index in [4.69, 9.17) is 11.6 Å². The number of aryl methyl sites for hydroxylation is 2. The van der Waals surface area contributed by atoms with E-state index < -0.39 is 0 Å². The quantitative estimate of drug-likeness (QED) is 0.659. The van der Waals surface area contributed by atoms with Crippen LogP contribution in [-0.2, 0) is 0 Å². The summed E-state index contributed by atoms with van der Waals surface area (Å²) in [4.78, 5) is 4.37. The highest BCUT2D eigenvalue weighted by Crippen LogP contribution is 2.29. The van der Waals surface area contributed by atoms with Gasteiger partial charge < -0.3 is 0 Å². The van der Waals surface area contributed by atoms with E-state index in [1.54, 1.807) is 13.0 Å². The maximum absolute atomic E-state index is 13.3. The number of nitrogens with zero attached hydrogens (tertiary/aromatic N) is 1. The first-order valence-electron chi connectivity index (χ1n) is 4.74. The van der Waals surface area contributed by atoms with E-state index in [0.717, 1.165) is 16.6 Å². The Hall–Kier alpha value is -1.15. The minimum atomic E-state index is -0.241. The first-order chi connectivity index (χ1) is 7.02. The van der Waals surface area contributed by atoms with Crippen LogP contribution in [-0.4, -0.2) is 4.98 Å². The number of pyridine rings is 1. The predicted octanol–water partition coefficient (Wildman–Crippen LogP) is 3.95. The molecule has 15 heavy (non-hydrogen) atoms. The summed E-state index contributed by atoms with van der Waals surface area (Å²) in [6.45, 7) is 5.52. The molecule has 0 spiro atoms. The molecule has 1 aromatic carbocycles. The van der Waals surface area contributed by atoms with Crippen molar-refractivity contribution < 1.29 is 4.39 Å². The summed E-state index contributed by atoms with van der Waals surface area (Å²) >= 11 is 6.19. The van der Waals surface area contributed by atoms with Crippen molar-refractivity contribution in [2.75, 3.05) is 0 Å². The van der Waals surface area contributed by atoms with Crippen LogP contribution >= 0.6 is 11.6 Å². The van der Waals surface area contributed by atoms with E-state index >= 15 is 0 Å². The molecule has 0 N–H and O–H groups in total. The van der Waals surface area contributed by atoms with Gasteiger partial charge in [0.1, 0.15) is 5.82 Å². The van der Waals surface area contributed by atoms with Crippen molar-refractivity contribution in [2.24, 2.45) is 0 Å². The zero-order valence-corrected chi connectivity index (χ0v) is 9.61. The second kappa shape index (κ2) is 3.46. The van der Waals surface area contributed by atoms with Crippen molar-refractivity contribution in [3.8, 4) is 0 Å². The van der Waals surface area contributed by atoms with Crippen LogP contribution in [0, 0.1) is 26.6 Å². The zero-order valence-electron chi connectivity index (χ0n) is 8.86. The van der Waals surface area contributed by atoms with Crippen LogP contribution in [0.3, 0.4) is 0 Å². The Labute approximate surface area is 92.9 Å². The predicted molar refractivity (Wildman–Crippen MR) is 60.9 cm³/mol. The number of halogens is 2. The molecule has 0 unspecified atom stereocenters. The molecule has 0 aliphatic heterocycles. The first-order valence-corrected chi connectivity index (χ1v) is 5.11. The third-order valence-corrected chi connectivity index (χ3v) is 3.24. The van der Waals surface area contributed by atoms with Gasteiger partial charge in [-0.1, -0.05) is 11.6 Å². The number of aromatic nitrogens is 1. The van der Waals surface area contributed by atoms with Crippen molar-refractivity contribution >= 4 is 22.5 Å². The summed E-state index contributed by atoms with van der Waals surface area (Å²) in [7, 11) is 0. The fourth-order valence-electron chi connectivity index (χ4n) is 1.61. The minimum absolute atomic E-state index is 0.241. The normalized spacial score (nSPS) is 11.0. The van der Waals surface area contributed by atoms with Crippen molar-refractivity contribution in [1.82, 2.24) is 4.98 Å². The van der Waals surface area contributed by atoms with E-state index in [2.05, 4.69) is 4.98 Å². The molecule has 0 amide bonds. The Balaban J connectivity index is 2.98. The standard InChI is InChI=1S/C12H11ClFN/c1-6-8(3)15-12-7(2)10(14)5-4-9(12)11(6)13/h4-5H,1-3H3. The lowest BCUT2D eigenvalue weighted by molar-refractivity contribution is 0.620. The summed E-state index contributed by atoms with van der Waals surface area (Å²) in [6.07, 6.45) is 0. The molecule has 2 rings (SSSR count). The van der Waals surface area contributed by atoms with Gasteiger partial charge in [-0.3, -0.25) is 4.98 Å². The Kier molecular flexibility index (Phi) is 2.39.